The molecule has 2 heterocycles. The summed E-state index contributed by atoms with van der Waals surface area (Å²) in [4.78, 5) is 2.79. The van der Waals surface area contributed by atoms with Crippen LogP contribution in [0.15, 0.2) is 0 Å². The molecule has 0 radical (unpaired) electrons. The van der Waals surface area contributed by atoms with Crippen LogP contribution in [0.25, 0.3) is 0 Å². The molecule has 0 bridgehead atoms. The van der Waals surface area contributed by atoms with Crippen molar-refractivity contribution < 1.29 is 0 Å². The first-order valence-corrected chi connectivity index (χ1v) is 7.18. The summed E-state index contributed by atoms with van der Waals surface area (Å²) in [6.45, 7) is 9.93. The zero-order chi connectivity index (χ0) is 11.4. The molecular formula is C14H28N2. The monoisotopic (exact) mass is 224 g/mol. The van der Waals surface area contributed by atoms with E-state index in [4.69, 9.17) is 0 Å². The van der Waals surface area contributed by atoms with Gasteiger partial charge in [0.1, 0.15) is 0 Å². The van der Waals surface area contributed by atoms with Crippen molar-refractivity contribution in [3.63, 3.8) is 0 Å². The van der Waals surface area contributed by atoms with E-state index in [1.165, 1.54) is 64.7 Å². The van der Waals surface area contributed by atoms with Gasteiger partial charge >= 0.3 is 0 Å². The van der Waals surface area contributed by atoms with E-state index in [0.29, 0.717) is 5.41 Å². The fraction of sp³-hybridized carbons (Fsp3) is 1.00. The third-order valence-electron chi connectivity index (χ3n) is 4.51. The molecule has 2 heteroatoms. The number of hydrogen-bond acceptors (Lipinski definition) is 2. The van der Waals surface area contributed by atoms with Gasteiger partial charge in [0.2, 0.25) is 0 Å². The molecule has 16 heavy (non-hydrogen) atoms. The first-order chi connectivity index (χ1) is 7.73. The van der Waals surface area contributed by atoms with Crippen molar-refractivity contribution in [2.75, 3.05) is 26.2 Å². The van der Waals surface area contributed by atoms with Gasteiger partial charge in [0.25, 0.3) is 0 Å². The molecule has 1 N–H and O–H groups in total. The van der Waals surface area contributed by atoms with Gasteiger partial charge in [-0.1, -0.05) is 26.7 Å². The van der Waals surface area contributed by atoms with E-state index in [9.17, 15) is 0 Å². The minimum absolute atomic E-state index is 0.539. The molecule has 94 valence electrons. The SMILES string of the molecule is CCC1CCCCCN1CC1(C)CCNC1. The van der Waals surface area contributed by atoms with E-state index in [2.05, 4.69) is 24.1 Å². The average molecular weight is 224 g/mol. The minimum Gasteiger partial charge on any atom is -0.316 e. The Kier molecular flexibility index (Phi) is 4.26. The van der Waals surface area contributed by atoms with Gasteiger partial charge in [-0.25, -0.2) is 0 Å². The summed E-state index contributed by atoms with van der Waals surface area (Å²) in [6, 6.07) is 0.861. The highest BCUT2D eigenvalue weighted by Gasteiger charge is 2.32. The van der Waals surface area contributed by atoms with E-state index in [1.807, 2.05) is 0 Å². The molecule has 2 aliphatic rings. The second-order valence-electron chi connectivity index (χ2n) is 6.12. The highest BCUT2D eigenvalue weighted by atomic mass is 15.2. The maximum absolute atomic E-state index is 3.52. The second kappa shape index (κ2) is 5.50. The predicted molar refractivity (Wildman–Crippen MR) is 69.7 cm³/mol. The molecule has 2 aliphatic heterocycles. The van der Waals surface area contributed by atoms with Gasteiger partial charge in [-0.05, 0) is 44.2 Å². The lowest BCUT2D eigenvalue weighted by Gasteiger charge is -2.36. The third kappa shape index (κ3) is 2.98. The number of likely N-dealkylation sites (tertiary alicyclic amines) is 1. The topological polar surface area (TPSA) is 15.3 Å². The smallest absolute Gasteiger partial charge is 0.00928 e. The fourth-order valence-electron chi connectivity index (χ4n) is 3.40. The fourth-order valence-corrected chi connectivity index (χ4v) is 3.40. The van der Waals surface area contributed by atoms with Crippen LogP contribution < -0.4 is 5.32 Å². The lowest BCUT2D eigenvalue weighted by atomic mass is 9.88. The summed E-state index contributed by atoms with van der Waals surface area (Å²) in [5.41, 5.74) is 0.539. The van der Waals surface area contributed by atoms with Crippen LogP contribution in [0.3, 0.4) is 0 Å². The highest BCUT2D eigenvalue weighted by Crippen LogP contribution is 2.29. The van der Waals surface area contributed by atoms with Gasteiger partial charge in [0.15, 0.2) is 0 Å². The van der Waals surface area contributed by atoms with Gasteiger partial charge in [-0.15, -0.1) is 0 Å². The molecule has 2 rings (SSSR count). The van der Waals surface area contributed by atoms with Crippen molar-refractivity contribution in [2.24, 2.45) is 5.41 Å². The molecule has 0 amide bonds. The van der Waals surface area contributed by atoms with Crippen LogP contribution in [-0.4, -0.2) is 37.1 Å². The van der Waals surface area contributed by atoms with Gasteiger partial charge < -0.3 is 5.32 Å². The maximum Gasteiger partial charge on any atom is 0.00928 e. The molecular weight excluding hydrogens is 196 g/mol. The van der Waals surface area contributed by atoms with E-state index >= 15 is 0 Å². The standard InChI is InChI=1S/C14H28N2/c1-3-13-7-5-4-6-10-16(13)12-14(2)8-9-15-11-14/h13,15H,3-12H2,1-2H3. The Bertz CT molecular complexity index is 209. The maximum atomic E-state index is 3.52. The molecule has 2 fully saturated rings. The summed E-state index contributed by atoms with van der Waals surface area (Å²) < 4.78 is 0. The van der Waals surface area contributed by atoms with Crippen molar-refractivity contribution >= 4 is 0 Å². The summed E-state index contributed by atoms with van der Waals surface area (Å²) in [7, 11) is 0. The van der Waals surface area contributed by atoms with Crippen LogP contribution in [0.4, 0.5) is 0 Å². The Labute approximate surface area is 101 Å². The summed E-state index contributed by atoms with van der Waals surface area (Å²) in [5, 5.41) is 3.52. The van der Waals surface area contributed by atoms with Gasteiger partial charge in [0, 0.05) is 19.1 Å². The third-order valence-corrected chi connectivity index (χ3v) is 4.51. The van der Waals surface area contributed by atoms with E-state index in [1.54, 1.807) is 0 Å². The van der Waals surface area contributed by atoms with Gasteiger partial charge in [-0.3, -0.25) is 4.90 Å². The van der Waals surface area contributed by atoms with Crippen molar-refractivity contribution in [1.82, 2.24) is 10.2 Å². The molecule has 0 spiro atoms. The first-order valence-electron chi connectivity index (χ1n) is 7.18. The van der Waals surface area contributed by atoms with Crippen molar-refractivity contribution in [2.45, 2.75) is 58.4 Å². The van der Waals surface area contributed by atoms with E-state index in [-0.39, 0.29) is 0 Å². The number of hydrogen-bond donors (Lipinski definition) is 1. The van der Waals surface area contributed by atoms with Gasteiger partial charge in [-0.2, -0.15) is 0 Å². The van der Waals surface area contributed by atoms with Crippen LogP contribution in [-0.2, 0) is 0 Å². The average Bonchev–Trinajstić information content (AvgIpc) is 2.57. The van der Waals surface area contributed by atoms with Crippen LogP contribution in [0.5, 0.6) is 0 Å². The van der Waals surface area contributed by atoms with Crippen molar-refractivity contribution in [1.29, 1.82) is 0 Å². The number of nitrogens with zero attached hydrogens (tertiary/aromatic N) is 1. The molecule has 2 unspecified atom stereocenters. The van der Waals surface area contributed by atoms with Crippen molar-refractivity contribution in [3.8, 4) is 0 Å². The zero-order valence-electron chi connectivity index (χ0n) is 11.1. The molecule has 0 aromatic rings. The number of rotatable bonds is 3. The number of nitrogens with one attached hydrogen (secondary N) is 1. The van der Waals surface area contributed by atoms with Crippen LogP contribution in [0.1, 0.15) is 52.4 Å². The Hall–Kier alpha value is -0.0800. The summed E-state index contributed by atoms with van der Waals surface area (Å²) in [5.74, 6) is 0. The molecule has 0 aromatic carbocycles. The largest absolute Gasteiger partial charge is 0.316 e. The Morgan fingerprint density at radius 3 is 2.88 bits per heavy atom. The molecule has 0 saturated carbocycles. The zero-order valence-corrected chi connectivity index (χ0v) is 11.1. The molecule has 2 nitrogen and oxygen atoms in total. The molecule has 0 aromatic heterocycles. The van der Waals surface area contributed by atoms with Crippen LogP contribution in [0.2, 0.25) is 0 Å². The predicted octanol–water partition coefficient (Wildman–Crippen LogP) is 2.64. The minimum atomic E-state index is 0.539. The van der Waals surface area contributed by atoms with Gasteiger partial charge in [0.05, 0.1) is 0 Å². The lowest BCUT2D eigenvalue weighted by Crippen LogP contribution is -2.43. The Morgan fingerprint density at radius 1 is 1.31 bits per heavy atom. The van der Waals surface area contributed by atoms with E-state index < -0.39 is 0 Å². The molecule has 2 atom stereocenters. The van der Waals surface area contributed by atoms with Crippen LogP contribution >= 0.6 is 0 Å². The Balaban J connectivity index is 1.94. The molecule has 2 saturated heterocycles. The van der Waals surface area contributed by atoms with E-state index in [0.717, 1.165) is 6.04 Å². The van der Waals surface area contributed by atoms with Crippen molar-refractivity contribution in [3.05, 3.63) is 0 Å². The normalized spacial score (nSPS) is 37.5. The first kappa shape index (κ1) is 12.4. The summed E-state index contributed by atoms with van der Waals surface area (Å²) in [6.07, 6.45) is 8.44. The lowest BCUT2D eigenvalue weighted by molar-refractivity contribution is 0.128. The molecule has 0 aliphatic carbocycles. The quantitative estimate of drug-likeness (QED) is 0.793. The summed E-state index contributed by atoms with van der Waals surface area (Å²) >= 11 is 0. The van der Waals surface area contributed by atoms with Crippen LogP contribution in [0, 0.1) is 5.41 Å². The Morgan fingerprint density at radius 2 is 2.19 bits per heavy atom. The second-order valence-corrected chi connectivity index (χ2v) is 6.12. The highest BCUT2D eigenvalue weighted by molar-refractivity contribution is 4.88.